The van der Waals surface area contributed by atoms with Gasteiger partial charge in [0, 0.05) is 12.6 Å². The van der Waals surface area contributed by atoms with E-state index in [1.54, 1.807) is 6.92 Å². The summed E-state index contributed by atoms with van der Waals surface area (Å²) in [5.74, 6) is -0.498. The molecular weight excluding hydrogens is 424 g/mol. The Morgan fingerprint density at radius 3 is 2.21 bits per heavy atom. The minimum atomic E-state index is -0.651. The molecule has 0 aromatic heterocycles. The van der Waals surface area contributed by atoms with E-state index in [2.05, 4.69) is 65.7 Å². The van der Waals surface area contributed by atoms with Crippen molar-refractivity contribution in [1.29, 1.82) is 0 Å². The smallest absolute Gasteiger partial charge is 0.328 e. The summed E-state index contributed by atoms with van der Waals surface area (Å²) in [6.07, 6.45) is 7.36. The van der Waals surface area contributed by atoms with Crippen LogP contribution < -0.4 is 5.32 Å². The summed E-state index contributed by atoms with van der Waals surface area (Å²) in [7, 11) is 1.34. The molecule has 5 heteroatoms. The number of amides is 1. The van der Waals surface area contributed by atoms with Crippen LogP contribution in [0.3, 0.4) is 0 Å². The minimum absolute atomic E-state index is 0.0766. The molecule has 2 atom stereocenters. The van der Waals surface area contributed by atoms with Crippen molar-refractivity contribution in [2.45, 2.75) is 76.3 Å². The van der Waals surface area contributed by atoms with Gasteiger partial charge in [-0.3, -0.25) is 4.79 Å². The van der Waals surface area contributed by atoms with Gasteiger partial charge >= 0.3 is 5.97 Å². The van der Waals surface area contributed by atoms with Crippen molar-refractivity contribution in [3.05, 3.63) is 59.7 Å². The van der Waals surface area contributed by atoms with Gasteiger partial charge in [-0.1, -0.05) is 61.4 Å². The van der Waals surface area contributed by atoms with E-state index >= 15 is 0 Å². The zero-order chi connectivity index (χ0) is 24.1. The third-order valence-electron chi connectivity index (χ3n) is 7.90. The van der Waals surface area contributed by atoms with Crippen LogP contribution in [-0.2, 0) is 26.2 Å². The lowest BCUT2D eigenvalue weighted by molar-refractivity contribution is -0.145. The molecule has 1 saturated carbocycles. The molecule has 182 valence electrons. The molecule has 5 nitrogen and oxygen atoms in total. The number of rotatable bonds is 8. The zero-order valence-electron chi connectivity index (χ0n) is 20.8. The molecule has 0 unspecified atom stereocenters. The Morgan fingerprint density at radius 2 is 1.65 bits per heavy atom. The van der Waals surface area contributed by atoms with E-state index in [0.717, 1.165) is 49.8 Å². The van der Waals surface area contributed by atoms with Gasteiger partial charge in [0.2, 0.25) is 5.91 Å². The predicted molar refractivity (Wildman–Crippen MR) is 136 cm³/mol. The SMILES string of the molecule is COC(=O)[C@H](C)NC(=O)C1(c2ccc(-c3ccc(CCN4CCC[C@H]4C)cc3)cc2)CCCC1. The maximum Gasteiger partial charge on any atom is 0.328 e. The maximum atomic E-state index is 13.2. The summed E-state index contributed by atoms with van der Waals surface area (Å²) in [6, 6.07) is 17.4. The Hall–Kier alpha value is -2.66. The molecule has 34 heavy (non-hydrogen) atoms. The van der Waals surface area contributed by atoms with Crippen LogP contribution in [0.5, 0.6) is 0 Å². The Kier molecular flexibility index (Phi) is 7.72. The highest BCUT2D eigenvalue weighted by Gasteiger charge is 2.43. The lowest BCUT2D eigenvalue weighted by atomic mass is 9.77. The van der Waals surface area contributed by atoms with E-state index in [1.807, 2.05) is 0 Å². The van der Waals surface area contributed by atoms with Crippen molar-refractivity contribution in [1.82, 2.24) is 10.2 Å². The van der Waals surface area contributed by atoms with Crippen molar-refractivity contribution in [2.24, 2.45) is 0 Å². The number of methoxy groups -OCH3 is 1. The lowest BCUT2D eigenvalue weighted by Crippen LogP contribution is -2.48. The second-order valence-corrected chi connectivity index (χ2v) is 10.1. The first kappa shape index (κ1) is 24.5. The van der Waals surface area contributed by atoms with Crippen LogP contribution in [0.1, 0.15) is 63.5 Å². The number of carbonyl (C=O) groups excluding carboxylic acids is 2. The fourth-order valence-electron chi connectivity index (χ4n) is 5.64. The second-order valence-electron chi connectivity index (χ2n) is 10.1. The summed E-state index contributed by atoms with van der Waals surface area (Å²) in [5.41, 5.74) is 4.17. The Bertz CT molecular complexity index is 977. The first-order valence-electron chi connectivity index (χ1n) is 12.8. The third-order valence-corrected chi connectivity index (χ3v) is 7.90. The molecule has 1 amide bonds. The van der Waals surface area contributed by atoms with E-state index in [1.165, 1.54) is 37.6 Å². The zero-order valence-corrected chi connectivity index (χ0v) is 20.8. The number of nitrogens with one attached hydrogen (secondary N) is 1. The van der Waals surface area contributed by atoms with Crippen LogP contribution in [0.25, 0.3) is 11.1 Å². The molecule has 4 rings (SSSR count). The molecule has 1 aliphatic heterocycles. The minimum Gasteiger partial charge on any atom is -0.467 e. The molecule has 0 spiro atoms. The number of benzene rings is 2. The van der Waals surface area contributed by atoms with Crippen LogP contribution in [0.4, 0.5) is 0 Å². The van der Waals surface area contributed by atoms with Crippen molar-refractivity contribution < 1.29 is 14.3 Å². The molecule has 1 aliphatic carbocycles. The van der Waals surface area contributed by atoms with Gasteiger partial charge in [-0.25, -0.2) is 4.79 Å². The highest BCUT2D eigenvalue weighted by atomic mass is 16.5. The molecule has 1 N–H and O–H groups in total. The van der Waals surface area contributed by atoms with Crippen LogP contribution in [0.2, 0.25) is 0 Å². The second kappa shape index (κ2) is 10.7. The molecule has 1 heterocycles. The summed E-state index contributed by atoms with van der Waals surface area (Å²) in [4.78, 5) is 27.6. The van der Waals surface area contributed by atoms with Crippen molar-refractivity contribution in [3.8, 4) is 11.1 Å². The Labute approximate surface area is 203 Å². The topological polar surface area (TPSA) is 58.6 Å². The van der Waals surface area contributed by atoms with Gasteiger partial charge in [0.25, 0.3) is 0 Å². The summed E-state index contributed by atoms with van der Waals surface area (Å²) >= 11 is 0. The van der Waals surface area contributed by atoms with Gasteiger partial charge in [0.05, 0.1) is 12.5 Å². The molecule has 2 fully saturated rings. The standard InChI is InChI=1S/C29H38N2O3/c1-21-7-6-19-31(21)20-16-23-8-10-24(11-9-23)25-12-14-26(15-13-25)29(17-4-5-18-29)28(33)30-22(2)27(32)34-3/h8-15,21-22H,4-7,16-20H2,1-3H3,(H,30,33)/t21-,22+/m1/s1. The summed E-state index contributed by atoms with van der Waals surface area (Å²) in [5, 5.41) is 2.88. The van der Waals surface area contributed by atoms with E-state index in [4.69, 9.17) is 4.74 Å². The van der Waals surface area contributed by atoms with Gasteiger partial charge in [-0.2, -0.15) is 0 Å². The largest absolute Gasteiger partial charge is 0.467 e. The number of hydrogen-bond donors (Lipinski definition) is 1. The number of nitrogens with zero attached hydrogens (tertiary/aromatic N) is 1. The number of likely N-dealkylation sites (tertiary alicyclic amines) is 1. The van der Waals surface area contributed by atoms with E-state index in [0.29, 0.717) is 6.04 Å². The van der Waals surface area contributed by atoms with Crippen molar-refractivity contribution in [2.75, 3.05) is 20.2 Å². The highest BCUT2D eigenvalue weighted by Crippen LogP contribution is 2.42. The number of ether oxygens (including phenoxy) is 1. The van der Waals surface area contributed by atoms with Gasteiger partial charge in [-0.15, -0.1) is 0 Å². The predicted octanol–water partition coefficient (Wildman–Crippen LogP) is 4.87. The number of esters is 1. The van der Waals surface area contributed by atoms with Gasteiger partial charge in [-0.05, 0) is 74.8 Å². The van der Waals surface area contributed by atoms with Gasteiger partial charge < -0.3 is 15.0 Å². The summed E-state index contributed by atoms with van der Waals surface area (Å²) < 4.78 is 4.78. The van der Waals surface area contributed by atoms with Crippen molar-refractivity contribution in [3.63, 3.8) is 0 Å². The molecular formula is C29H38N2O3. The number of carbonyl (C=O) groups is 2. The third kappa shape index (κ3) is 5.20. The van der Waals surface area contributed by atoms with Gasteiger partial charge in [0.1, 0.15) is 6.04 Å². The van der Waals surface area contributed by atoms with Crippen molar-refractivity contribution >= 4 is 11.9 Å². The van der Waals surface area contributed by atoms with Crippen LogP contribution >= 0.6 is 0 Å². The van der Waals surface area contributed by atoms with Crippen LogP contribution in [0, 0.1) is 0 Å². The van der Waals surface area contributed by atoms with Crippen LogP contribution in [0.15, 0.2) is 48.5 Å². The Morgan fingerprint density at radius 1 is 1.03 bits per heavy atom. The molecule has 1 saturated heterocycles. The highest BCUT2D eigenvalue weighted by molar-refractivity contribution is 5.92. The van der Waals surface area contributed by atoms with Gasteiger partial charge in [0.15, 0.2) is 0 Å². The molecule has 2 aromatic rings. The molecule has 2 aliphatic rings. The van der Waals surface area contributed by atoms with Crippen LogP contribution in [-0.4, -0.2) is 49.1 Å². The molecule has 0 radical (unpaired) electrons. The summed E-state index contributed by atoms with van der Waals surface area (Å²) in [6.45, 7) is 6.37. The Balaban J connectivity index is 1.44. The fraction of sp³-hybridized carbons (Fsp3) is 0.517. The monoisotopic (exact) mass is 462 g/mol. The lowest BCUT2D eigenvalue weighted by Gasteiger charge is -2.29. The van der Waals surface area contributed by atoms with E-state index < -0.39 is 17.4 Å². The number of hydrogen-bond acceptors (Lipinski definition) is 4. The quantitative estimate of drug-likeness (QED) is 0.569. The molecule has 2 aromatic carbocycles. The first-order chi connectivity index (χ1) is 16.4. The maximum absolute atomic E-state index is 13.2. The van der Waals surface area contributed by atoms with E-state index in [9.17, 15) is 9.59 Å². The van der Waals surface area contributed by atoms with E-state index in [-0.39, 0.29) is 5.91 Å². The normalized spacial score (nSPS) is 20.7. The fourth-order valence-corrected chi connectivity index (χ4v) is 5.64. The average Bonchev–Trinajstić information content (AvgIpc) is 3.52. The first-order valence-corrected chi connectivity index (χ1v) is 12.8. The molecule has 0 bridgehead atoms. The average molecular weight is 463 g/mol.